The van der Waals surface area contributed by atoms with E-state index in [9.17, 15) is 4.79 Å². The van der Waals surface area contributed by atoms with E-state index in [4.69, 9.17) is 9.73 Å². The highest BCUT2D eigenvalue weighted by atomic mass is 32.1. The maximum atomic E-state index is 12.8. The van der Waals surface area contributed by atoms with Crippen molar-refractivity contribution in [3.8, 4) is 0 Å². The van der Waals surface area contributed by atoms with Crippen LogP contribution in [0.25, 0.3) is 0 Å². The van der Waals surface area contributed by atoms with E-state index in [0.717, 1.165) is 48.5 Å². The number of guanidine groups is 1. The highest BCUT2D eigenvalue weighted by molar-refractivity contribution is 7.09. The molecule has 1 fully saturated rings. The number of aliphatic imine (C=N–C) groups is 1. The zero-order chi connectivity index (χ0) is 22.5. The average Bonchev–Trinajstić information content (AvgIpc) is 3.31. The number of carbonyl (C=O) groups excluding carboxylic acids is 1. The van der Waals surface area contributed by atoms with Gasteiger partial charge in [-0.25, -0.2) is 4.99 Å². The molecule has 2 heterocycles. The van der Waals surface area contributed by atoms with Crippen LogP contribution in [0.3, 0.4) is 0 Å². The normalized spacial score (nSPS) is 15.5. The molecule has 0 aliphatic carbocycles. The monoisotopic (exact) mass is 448 g/mol. The lowest BCUT2D eigenvalue weighted by Crippen LogP contribution is -2.46. The number of morpholine rings is 1. The summed E-state index contributed by atoms with van der Waals surface area (Å²) in [6.45, 7) is 5.22. The highest BCUT2D eigenvalue weighted by Gasteiger charge is 2.19. The van der Waals surface area contributed by atoms with Crippen molar-refractivity contribution in [3.63, 3.8) is 0 Å². The van der Waals surface area contributed by atoms with Gasteiger partial charge in [-0.05, 0) is 29.2 Å². The number of carbonyl (C=O) groups is 1. The molecule has 166 valence electrons. The first kappa shape index (κ1) is 22.2. The summed E-state index contributed by atoms with van der Waals surface area (Å²) in [6.07, 6.45) is 0. The Hall–Kier alpha value is -3.03. The zero-order valence-corrected chi connectivity index (χ0v) is 19.5. The van der Waals surface area contributed by atoms with Crippen LogP contribution in [-0.2, 0) is 4.74 Å². The molecule has 1 saturated heterocycles. The van der Waals surface area contributed by atoms with Crippen molar-refractivity contribution in [2.45, 2.75) is 12.8 Å². The average molecular weight is 449 g/mol. The van der Waals surface area contributed by atoms with Gasteiger partial charge in [0.05, 0.1) is 18.9 Å². The molecule has 0 radical (unpaired) electrons. The number of hydrogen-bond donors (Lipinski definition) is 0. The Morgan fingerprint density at radius 2 is 1.78 bits per heavy atom. The lowest BCUT2D eigenvalue weighted by Gasteiger charge is -2.32. The first-order valence-corrected chi connectivity index (χ1v) is 11.6. The van der Waals surface area contributed by atoms with E-state index < -0.39 is 0 Å². The molecule has 32 heavy (non-hydrogen) atoms. The van der Waals surface area contributed by atoms with Crippen molar-refractivity contribution in [1.29, 1.82) is 0 Å². The Labute approximate surface area is 193 Å². The summed E-state index contributed by atoms with van der Waals surface area (Å²) >= 11 is 1.40. The van der Waals surface area contributed by atoms with Gasteiger partial charge in [-0.1, -0.05) is 55.5 Å². The van der Waals surface area contributed by atoms with Gasteiger partial charge in [0.2, 0.25) is 5.96 Å². The van der Waals surface area contributed by atoms with E-state index in [1.165, 1.54) is 11.5 Å². The van der Waals surface area contributed by atoms with E-state index in [1.807, 2.05) is 79.7 Å². The summed E-state index contributed by atoms with van der Waals surface area (Å²) in [5.41, 5.74) is 3.41. The van der Waals surface area contributed by atoms with Crippen molar-refractivity contribution in [3.05, 3.63) is 83.0 Å². The van der Waals surface area contributed by atoms with Crippen LogP contribution in [-0.4, -0.2) is 66.3 Å². The van der Waals surface area contributed by atoms with Crippen LogP contribution in [0.15, 0.2) is 65.7 Å². The lowest BCUT2D eigenvalue weighted by molar-refractivity contribution is 0.0638. The number of benzene rings is 2. The predicted octanol–water partition coefficient (Wildman–Crippen LogP) is 4.41. The summed E-state index contributed by atoms with van der Waals surface area (Å²) in [6, 6.07) is 19.3. The minimum Gasteiger partial charge on any atom is -0.378 e. The third-order valence-electron chi connectivity index (χ3n) is 5.55. The van der Waals surface area contributed by atoms with Crippen LogP contribution >= 0.6 is 11.5 Å². The van der Waals surface area contributed by atoms with E-state index in [0.29, 0.717) is 11.1 Å². The maximum absolute atomic E-state index is 12.8. The van der Waals surface area contributed by atoms with E-state index in [-0.39, 0.29) is 11.7 Å². The van der Waals surface area contributed by atoms with Gasteiger partial charge in [0, 0.05) is 44.2 Å². The molecule has 2 aromatic carbocycles. The maximum Gasteiger partial charge on any atom is 0.202 e. The van der Waals surface area contributed by atoms with E-state index >= 15 is 0 Å². The van der Waals surface area contributed by atoms with Gasteiger partial charge in [-0.2, -0.15) is 4.37 Å². The van der Waals surface area contributed by atoms with Crippen LogP contribution in [0.2, 0.25) is 0 Å². The molecule has 7 heteroatoms. The van der Waals surface area contributed by atoms with Crippen LogP contribution in [0.5, 0.6) is 0 Å². The third-order valence-corrected chi connectivity index (χ3v) is 6.25. The molecular weight excluding hydrogens is 420 g/mol. The first-order valence-electron chi connectivity index (χ1n) is 10.8. The van der Waals surface area contributed by atoms with Crippen molar-refractivity contribution in [1.82, 2.24) is 14.2 Å². The Kier molecular flexibility index (Phi) is 6.97. The van der Waals surface area contributed by atoms with E-state index in [2.05, 4.69) is 16.2 Å². The van der Waals surface area contributed by atoms with Crippen LogP contribution in [0.4, 0.5) is 5.00 Å². The summed E-state index contributed by atoms with van der Waals surface area (Å²) < 4.78 is 10.1. The quantitative estimate of drug-likeness (QED) is 0.329. The molecule has 0 N–H and O–H groups in total. The van der Waals surface area contributed by atoms with Crippen molar-refractivity contribution in [2.75, 3.05) is 40.4 Å². The molecular formula is C25H28N4O2S. The molecule has 0 spiro atoms. The van der Waals surface area contributed by atoms with Crippen LogP contribution in [0, 0.1) is 0 Å². The molecule has 6 nitrogen and oxygen atoms in total. The Morgan fingerprint density at radius 1 is 1.06 bits per heavy atom. The number of ketones is 1. The van der Waals surface area contributed by atoms with Gasteiger partial charge in [-0.3, -0.25) is 4.79 Å². The van der Waals surface area contributed by atoms with Crippen molar-refractivity contribution in [2.24, 2.45) is 4.99 Å². The third kappa shape index (κ3) is 5.06. The smallest absolute Gasteiger partial charge is 0.202 e. The SMILES string of the molecule is CC(c1cccc(C(=O)c2ccccc2)c1)c1cc(/N=C(\N(C)C)N2CCOCC2)sn1. The number of hydrogen-bond acceptors (Lipinski definition) is 5. The summed E-state index contributed by atoms with van der Waals surface area (Å²) in [4.78, 5) is 22.0. The number of nitrogens with zero attached hydrogens (tertiary/aromatic N) is 4. The fraction of sp³-hybridized carbons (Fsp3) is 0.320. The Morgan fingerprint density at radius 3 is 2.50 bits per heavy atom. The molecule has 0 bridgehead atoms. The fourth-order valence-corrected chi connectivity index (χ4v) is 4.43. The van der Waals surface area contributed by atoms with Gasteiger partial charge in [0.25, 0.3) is 0 Å². The standard InChI is InChI=1S/C25H28N4O2S/c1-18(20-10-7-11-21(16-20)24(30)19-8-5-4-6-9-19)22-17-23(32-27-22)26-25(28(2)3)29-12-14-31-15-13-29/h4-11,16-18H,12-15H2,1-3H3/b26-25+. The number of ether oxygens (including phenoxy) is 1. The Bertz CT molecular complexity index is 1090. The van der Waals surface area contributed by atoms with Crippen LogP contribution < -0.4 is 0 Å². The van der Waals surface area contributed by atoms with Gasteiger partial charge in [0.15, 0.2) is 5.78 Å². The van der Waals surface area contributed by atoms with Crippen molar-refractivity contribution < 1.29 is 9.53 Å². The molecule has 1 aliphatic heterocycles. The largest absolute Gasteiger partial charge is 0.378 e. The summed E-state index contributed by atoms with van der Waals surface area (Å²) in [5, 5.41) is 0.874. The second kappa shape index (κ2) is 10.1. The lowest BCUT2D eigenvalue weighted by atomic mass is 9.94. The van der Waals surface area contributed by atoms with Gasteiger partial charge < -0.3 is 14.5 Å². The minimum atomic E-state index is 0.0318. The van der Waals surface area contributed by atoms with Gasteiger partial charge in [-0.15, -0.1) is 0 Å². The fourth-order valence-electron chi connectivity index (χ4n) is 3.73. The molecule has 3 aromatic rings. The van der Waals surface area contributed by atoms with Gasteiger partial charge in [0.1, 0.15) is 5.00 Å². The van der Waals surface area contributed by atoms with Crippen LogP contribution in [0.1, 0.15) is 40.0 Å². The summed E-state index contributed by atoms with van der Waals surface area (Å²) in [7, 11) is 4.02. The number of rotatable bonds is 5. The predicted molar refractivity (Wildman–Crippen MR) is 129 cm³/mol. The molecule has 1 aromatic heterocycles. The van der Waals surface area contributed by atoms with E-state index in [1.54, 1.807) is 0 Å². The molecule has 0 amide bonds. The second-order valence-corrected chi connectivity index (χ2v) is 8.82. The molecule has 1 aliphatic rings. The zero-order valence-electron chi connectivity index (χ0n) is 18.7. The molecule has 0 saturated carbocycles. The molecule has 1 atom stereocenters. The number of aromatic nitrogens is 1. The van der Waals surface area contributed by atoms with Crippen molar-refractivity contribution >= 4 is 28.3 Å². The second-order valence-electron chi connectivity index (χ2n) is 8.04. The summed E-state index contributed by atoms with van der Waals surface area (Å²) in [5.74, 6) is 1.01. The highest BCUT2D eigenvalue weighted by Crippen LogP contribution is 2.30. The molecule has 1 unspecified atom stereocenters. The minimum absolute atomic E-state index is 0.0318. The first-order chi connectivity index (χ1) is 15.5. The topological polar surface area (TPSA) is 58.0 Å². The molecule has 4 rings (SSSR count). The Balaban J connectivity index is 1.55. The van der Waals surface area contributed by atoms with Gasteiger partial charge >= 0.3 is 0 Å².